The van der Waals surface area contributed by atoms with Crippen molar-refractivity contribution in [2.45, 2.75) is 19.3 Å². The van der Waals surface area contributed by atoms with Crippen molar-refractivity contribution in [1.82, 2.24) is 0 Å². The van der Waals surface area contributed by atoms with Gasteiger partial charge in [0.2, 0.25) is 0 Å². The summed E-state index contributed by atoms with van der Waals surface area (Å²) in [5, 5.41) is 9.88. The van der Waals surface area contributed by atoms with Gasteiger partial charge in [0.05, 0.1) is 0 Å². The molecule has 1 aliphatic rings. The fraction of sp³-hybridized carbons (Fsp3) is 0.0667. The summed E-state index contributed by atoms with van der Waals surface area (Å²) in [6.45, 7) is 4.80. The van der Waals surface area contributed by atoms with Crippen LogP contribution in [0.3, 0.4) is 0 Å². The summed E-state index contributed by atoms with van der Waals surface area (Å²) in [7, 11) is 0. The summed E-state index contributed by atoms with van der Waals surface area (Å²) in [6.07, 6.45) is 0. The van der Waals surface area contributed by atoms with Gasteiger partial charge in [0, 0.05) is 27.3 Å². The maximum absolute atomic E-state index is 6.61. The smallest absolute Gasteiger partial charge is 0.143 e. The fourth-order valence-corrected chi connectivity index (χ4v) is 8.43. The van der Waals surface area contributed by atoms with Gasteiger partial charge in [0.25, 0.3) is 0 Å². The van der Waals surface area contributed by atoms with Crippen LogP contribution in [0.4, 0.5) is 0 Å². The molecule has 0 bridgehead atoms. The molecule has 1 aliphatic carbocycles. The first-order valence-electron chi connectivity index (χ1n) is 16.1. The number of hydrogen-bond acceptors (Lipinski definition) is 1. The Kier molecular flexibility index (Phi) is 5.12. The molecule has 0 N–H and O–H groups in total. The molecule has 0 radical (unpaired) electrons. The van der Waals surface area contributed by atoms with E-state index in [2.05, 4.69) is 153 Å². The Balaban J connectivity index is 1.32. The van der Waals surface area contributed by atoms with E-state index in [-0.39, 0.29) is 5.41 Å². The van der Waals surface area contributed by atoms with Gasteiger partial charge in [-0.1, -0.05) is 141 Å². The van der Waals surface area contributed by atoms with Gasteiger partial charge >= 0.3 is 0 Å². The zero-order valence-corrected chi connectivity index (χ0v) is 25.8. The van der Waals surface area contributed by atoms with E-state index in [4.69, 9.17) is 4.42 Å². The van der Waals surface area contributed by atoms with Crippen molar-refractivity contribution < 1.29 is 4.42 Å². The monoisotopic (exact) mass is 586 g/mol. The average Bonchev–Trinajstić information content (AvgIpc) is 3.58. The van der Waals surface area contributed by atoms with Crippen LogP contribution in [0.1, 0.15) is 25.0 Å². The number of furan rings is 1. The van der Waals surface area contributed by atoms with Gasteiger partial charge in [-0.05, 0) is 83.9 Å². The number of benzene rings is 8. The van der Waals surface area contributed by atoms with E-state index in [9.17, 15) is 0 Å². The van der Waals surface area contributed by atoms with Crippen LogP contribution >= 0.6 is 0 Å². The van der Waals surface area contributed by atoms with Crippen molar-refractivity contribution >= 4 is 54.3 Å². The molecule has 1 heterocycles. The Morgan fingerprint density at radius 3 is 1.61 bits per heavy atom. The number of hydrogen-bond donors (Lipinski definition) is 0. The summed E-state index contributed by atoms with van der Waals surface area (Å²) < 4.78 is 6.61. The molecule has 46 heavy (non-hydrogen) atoms. The van der Waals surface area contributed by atoms with Crippen molar-refractivity contribution in [3.05, 3.63) is 157 Å². The van der Waals surface area contributed by atoms with E-state index >= 15 is 0 Å². The lowest BCUT2D eigenvalue weighted by molar-refractivity contribution is 0.663. The minimum Gasteiger partial charge on any atom is -0.455 e. The molecule has 0 spiro atoms. The predicted octanol–water partition coefficient (Wildman–Crippen LogP) is 12.7. The second-order valence-electron chi connectivity index (χ2n) is 13.2. The molecule has 0 saturated heterocycles. The van der Waals surface area contributed by atoms with Crippen LogP contribution in [-0.2, 0) is 5.41 Å². The molecule has 1 nitrogen and oxygen atoms in total. The highest BCUT2D eigenvalue weighted by atomic mass is 16.3. The lowest BCUT2D eigenvalue weighted by Gasteiger charge is -2.26. The third-order valence-electron chi connectivity index (χ3n) is 10.4. The van der Waals surface area contributed by atoms with Gasteiger partial charge in [-0.15, -0.1) is 0 Å². The molecule has 0 aliphatic heterocycles. The van der Waals surface area contributed by atoms with Crippen molar-refractivity contribution in [2.24, 2.45) is 0 Å². The summed E-state index contributed by atoms with van der Waals surface area (Å²) in [6, 6.07) is 53.3. The number of para-hydroxylation sites is 2. The van der Waals surface area contributed by atoms with Crippen LogP contribution < -0.4 is 0 Å². The molecule has 1 aromatic heterocycles. The molecule has 0 atom stereocenters. The Morgan fingerprint density at radius 1 is 0.413 bits per heavy atom. The number of rotatable bonds is 2. The maximum atomic E-state index is 6.61. The second kappa shape index (κ2) is 9.19. The lowest BCUT2D eigenvalue weighted by Crippen LogP contribution is -2.16. The molecule has 9 aromatic rings. The SMILES string of the molecule is CC1(C)c2cc3ccccc3cc2-c2cccc(-c3c4ccccc4c(-c4cccc5c4oc4ccccc45)c4ccccc34)c21. The summed E-state index contributed by atoms with van der Waals surface area (Å²) in [5.74, 6) is 0. The zero-order chi connectivity index (χ0) is 30.6. The van der Waals surface area contributed by atoms with Crippen molar-refractivity contribution in [2.75, 3.05) is 0 Å². The van der Waals surface area contributed by atoms with Crippen LogP contribution in [0.2, 0.25) is 0 Å². The van der Waals surface area contributed by atoms with Gasteiger partial charge in [-0.3, -0.25) is 0 Å². The van der Waals surface area contributed by atoms with Crippen LogP contribution in [0.15, 0.2) is 150 Å². The highest BCUT2D eigenvalue weighted by Gasteiger charge is 2.38. The third kappa shape index (κ3) is 3.35. The largest absolute Gasteiger partial charge is 0.455 e. The van der Waals surface area contributed by atoms with Crippen LogP contribution in [-0.4, -0.2) is 0 Å². The minimum absolute atomic E-state index is 0.161. The molecule has 8 aromatic carbocycles. The fourth-order valence-electron chi connectivity index (χ4n) is 8.43. The lowest BCUT2D eigenvalue weighted by atomic mass is 9.76. The third-order valence-corrected chi connectivity index (χ3v) is 10.4. The predicted molar refractivity (Wildman–Crippen MR) is 195 cm³/mol. The van der Waals surface area contributed by atoms with E-state index in [1.807, 2.05) is 6.07 Å². The van der Waals surface area contributed by atoms with Crippen molar-refractivity contribution in [3.8, 4) is 33.4 Å². The van der Waals surface area contributed by atoms with Gasteiger partial charge in [0.15, 0.2) is 0 Å². The quantitative estimate of drug-likeness (QED) is 0.184. The standard InChI is InChI=1S/C45H30O/c1-45(2)39-26-28-14-4-3-13-27(28)25-38(39)34-20-11-22-36(43(34)45)41-30-16-5-7-18-32(30)42(33-19-8-6-17-31(33)41)37-23-12-21-35-29-15-9-10-24-40(29)46-44(35)37/h3-26H,1-2H3. The highest BCUT2D eigenvalue weighted by Crippen LogP contribution is 2.55. The molecular formula is C45H30O. The Bertz CT molecular complexity index is 2660. The summed E-state index contributed by atoms with van der Waals surface area (Å²) in [5.41, 5.74) is 12.2. The molecular weight excluding hydrogens is 556 g/mol. The van der Waals surface area contributed by atoms with E-state index in [0.717, 1.165) is 27.5 Å². The molecule has 0 amide bonds. The highest BCUT2D eigenvalue weighted by molar-refractivity contribution is 6.24. The number of fused-ring (bicyclic) bond motifs is 9. The average molecular weight is 587 g/mol. The van der Waals surface area contributed by atoms with Crippen LogP contribution in [0.5, 0.6) is 0 Å². The zero-order valence-electron chi connectivity index (χ0n) is 25.8. The molecule has 0 saturated carbocycles. The molecule has 10 rings (SSSR count). The molecule has 1 heteroatoms. The molecule has 0 unspecified atom stereocenters. The Morgan fingerprint density at radius 2 is 0.913 bits per heavy atom. The molecule has 216 valence electrons. The van der Waals surface area contributed by atoms with Crippen LogP contribution in [0.25, 0.3) is 87.6 Å². The van der Waals surface area contributed by atoms with E-state index in [1.165, 1.54) is 71.3 Å². The van der Waals surface area contributed by atoms with E-state index < -0.39 is 0 Å². The van der Waals surface area contributed by atoms with Gasteiger partial charge in [0.1, 0.15) is 11.2 Å². The van der Waals surface area contributed by atoms with Crippen molar-refractivity contribution in [3.63, 3.8) is 0 Å². The Hall–Kier alpha value is -5.66. The van der Waals surface area contributed by atoms with Gasteiger partial charge in [-0.25, -0.2) is 0 Å². The first-order valence-corrected chi connectivity index (χ1v) is 16.1. The van der Waals surface area contributed by atoms with Crippen LogP contribution in [0, 0.1) is 0 Å². The maximum Gasteiger partial charge on any atom is 0.143 e. The first-order chi connectivity index (χ1) is 22.6. The Labute approximate surface area is 267 Å². The van der Waals surface area contributed by atoms with E-state index in [1.54, 1.807) is 0 Å². The van der Waals surface area contributed by atoms with Gasteiger partial charge < -0.3 is 4.42 Å². The summed E-state index contributed by atoms with van der Waals surface area (Å²) in [4.78, 5) is 0. The topological polar surface area (TPSA) is 13.1 Å². The van der Waals surface area contributed by atoms with Gasteiger partial charge in [-0.2, -0.15) is 0 Å². The molecule has 0 fully saturated rings. The first kappa shape index (κ1) is 25.6. The van der Waals surface area contributed by atoms with Crippen molar-refractivity contribution in [1.29, 1.82) is 0 Å². The minimum atomic E-state index is -0.161. The van der Waals surface area contributed by atoms with E-state index in [0.29, 0.717) is 0 Å². The second-order valence-corrected chi connectivity index (χ2v) is 13.2. The normalized spacial score (nSPS) is 13.6. The summed E-state index contributed by atoms with van der Waals surface area (Å²) >= 11 is 0.